The lowest BCUT2D eigenvalue weighted by atomic mass is 10.2. The number of aromatic nitrogens is 5. The summed E-state index contributed by atoms with van der Waals surface area (Å²) >= 11 is 7.26. The van der Waals surface area contributed by atoms with E-state index in [1.165, 1.54) is 11.8 Å². The second-order valence-electron chi connectivity index (χ2n) is 5.97. The van der Waals surface area contributed by atoms with Crippen LogP contribution in [0.5, 0.6) is 0 Å². The predicted molar refractivity (Wildman–Crippen MR) is 110 cm³/mol. The molecule has 1 amide bonds. The van der Waals surface area contributed by atoms with Crippen molar-refractivity contribution in [2.45, 2.75) is 12.1 Å². The van der Waals surface area contributed by atoms with Crippen LogP contribution in [-0.2, 0) is 4.79 Å². The smallest absolute Gasteiger partial charge is 0.315 e. The summed E-state index contributed by atoms with van der Waals surface area (Å²) in [7, 11) is 0. The van der Waals surface area contributed by atoms with Crippen LogP contribution in [0.2, 0.25) is 5.02 Å². The van der Waals surface area contributed by atoms with Gasteiger partial charge in [-0.1, -0.05) is 46.7 Å². The van der Waals surface area contributed by atoms with Crippen molar-refractivity contribution in [3.8, 4) is 17.1 Å². The standard InChI is InChI=1S/C19H15ClN6O2S/c1-12-21-18(28-25-12)22-16(27)11-29-19-24-23-17(13-7-9-14(20)10-8-13)26(19)15-5-3-2-4-6-15/h2-10H,11H2,1H3,(H,21,22,25,27). The zero-order valence-electron chi connectivity index (χ0n) is 15.2. The van der Waals surface area contributed by atoms with E-state index in [1.807, 2.05) is 47.0 Å². The minimum Gasteiger partial charge on any atom is -0.315 e. The lowest BCUT2D eigenvalue weighted by Gasteiger charge is -2.10. The van der Waals surface area contributed by atoms with Crippen molar-refractivity contribution in [1.29, 1.82) is 0 Å². The number of carbonyl (C=O) groups is 1. The highest BCUT2D eigenvalue weighted by Crippen LogP contribution is 2.28. The first-order valence-corrected chi connectivity index (χ1v) is 9.96. The van der Waals surface area contributed by atoms with Crippen LogP contribution in [0, 0.1) is 6.92 Å². The summed E-state index contributed by atoms with van der Waals surface area (Å²) in [6.45, 7) is 1.68. The van der Waals surface area contributed by atoms with E-state index in [-0.39, 0.29) is 17.7 Å². The summed E-state index contributed by atoms with van der Waals surface area (Å²) in [6, 6.07) is 17.1. The third-order valence-electron chi connectivity index (χ3n) is 3.86. The normalized spacial score (nSPS) is 10.8. The highest BCUT2D eigenvalue weighted by Gasteiger charge is 2.18. The number of thioether (sulfide) groups is 1. The number of aryl methyl sites for hydroxylation is 1. The van der Waals surface area contributed by atoms with Crippen LogP contribution < -0.4 is 5.32 Å². The number of carbonyl (C=O) groups excluding carboxylic acids is 1. The van der Waals surface area contributed by atoms with Gasteiger partial charge in [0.25, 0.3) is 0 Å². The molecular formula is C19H15ClN6O2S. The van der Waals surface area contributed by atoms with Gasteiger partial charge in [0.15, 0.2) is 16.8 Å². The maximum Gasteiger partial charge on any atom is 0.328 e. The van der Waals surface area contributed by atoms with Gasteiger partial charge in [-0.2, -0.15) is 4.98 Å². The number of hydrogen-bond donors (Lipinski definition) is 1. The third-order valence-corrected chi connectivity index (χ3v) is 5.04. The molecule has 0 spiro atoms. The van der Waals surface area contributed by atoms with Gasteiger partial charge >= 0.3 is 6.01 Å². The lowest BCUT2D eigenvalue weighted by molar-refractivity contribution is -0.114. The largest absolute Gasteiger partial charge is 0.328 e. The zero-order chi connectivity index (χ0) is 20.2. The minimum absolute atomic E-state index is 0.0690. The molecule has 0 bridgehead atoms. The summed E-state index contributed by atoms with van der Waals surface area (Å²) < 4.78 is 6.81. The summed E-state index contributed by atoms with van der Waals surface area (Å²) in [5, 5.41) is 16.0. The molecular weight excluding hydrogens is 412 g/mol. The molecule has 29 heavy (non-hydrogen) atoms. The molecule has 2 heterocycles. The van der Waals surface area contributed by atoms with Crippen molar-refractivity contribution in [1.82, 2.24) is 24.9 Å². The summed E-state index contributed by atoms with van der Waals surface area (Å²) in [5.41, 5.74) is 1.75. The molecule has 0 aliphatic heterocycles. The average Bonchev–Trinajstić information content (AvgIpc) is 3.33. The van der Waals surface area contributed by atoms with Crippen LogP contribution in [-0.4, -0.2) is 36.6 Å². The van der Waals surface area contributed by atoms with Gasteiger partial charge < -0.3 is 4.52 Å². The SMILES string of the molecule is Cc1noc(NC(=O)CSc2nnc(-c3ccc(Cl)cc3)n2-c2ccccc2)n1. The fraction of sp³-hybridized carbons (Fsp3) is 0.105. The Morgan fingerprint density at radius 3 is 2.59 bits per heavy atom. The molecule has 4 rings (SSSR count). The second kappa shape index (κ2) is 8.46. The van der Waals surface area contributed by atoms with Crippen LogP contribution >= 0.6 is 23.4 Å². The summed E-state index contributed by atoms with van der Waals surface area (Å²) in [4.78, 5) is 16.2. The number of amides is 1. The van der Waals surface area contributed by atoms with E-state index in [0.717, 1.165) is 11.3 Å². The van der Waals surface area contributed by atoms with Crippen molar-refractivity contribution in [3.05, 3.63) is 65.4 Å². The van der Waals surface area contributed by atoms with E-state index in [0.29, 0.717) is 21.8 Å². The highest BCUT2D eigenvalue weighted by molar-refractivity contribution is 7.99. The van der Waals surface area contributed by atoms with Gasteiger partial charge in [-0.25, -0.2) is 0 Å². The minimum atomic E-state index is -0.283. The molecule has 0 saturated heterocycles. The monoisotopic (exact) mass is 426 g/mol. The van der Waals surface area contributed by atoms with Gasteiger partial charge in [-0.3, -0.25) is 14.7 Å². The molecule has 0 aliphatic carbocycles. The van der Waals surface area contributed by atoms with Crippen LogP contribution in [0.25, 0.3) is 17.1 Å². The van der Waals surface area contributed by atoms with E-state index in [4.69, 9.17) is 16.1 Å². The second-order valence-corrected chi connectivity index (χ2v) is 7.35. The molecule has 2 aromatic carbocycles. The van der Waals surface area contributed by atoms with Crippen LogP contribution in [0.1, 0.15) is 5.82 Å². The fourth-order valence-electron chi connectivity index (χ4n) is 2.59. The van der Waals surface area contributed by atoms with Gasteiger partial charge in [0, 0.05) is 16.3 Å². The van der Waals surface area contributed by atoms with Crippen molar-refractivity contribution < 1.29 is 9.32 Å². The number of nitrogens with one attached hydrogen (secondary N) is 1. The number of benzene rings is 2. The molecule has 146 valence electrons. The zero-order valence-corrected chi connectivity index (χ0v) is 16.8. The topological polar surface area (TPSA) is 98.7 Å². The van der Waals surface area contributed by atoms with E-state index < -0.39 is 0 Å². The summed E-state index contributed by atoms with van der Waals surface area (Å²) in [5.74, 6) is 0.925. The van der Waals surface area contributed by atoms with Crippen molar-refractivity contribution in [3.63, 3.8) is 0 Å². The van der Waals surface area contributed by atoms with Crippen molar-refractivity contribution in [2.75, 3.05) is 11.1 Å². The first kappa shape index (κ1) is 19.2. The number of nitrogens with zero attached hydrogens (tertiary/aromatic N) is 5. The third kappa shape index (κ3) is 4.47. The number of hydrogen-bond acceptors (Lipinski definition) is 7. The van der Waals surface area contributed by atoms with Crippen molar-refractivity contribution >= 4 is 35.3 Å². The molecule has 8 nitrogen and oxygen atoms in total. The molecule has 10 heteroatoms. The molecule has 0 radical (unpaired) electrons. The predicted octanol–water partition coefficient (Wildman–Crippen LogP) is 4.01. The highest BCUT2D eigenvalue weighted by atomic mass is 35.5. The Balaban J connectivity index is 1.59. The lowest BCUT2D eigenvalue weighted by Crippen LogP contribution is -2.14. The Kier molecular flexibility index (Phi) is 5.59. The summed E-state index contributed by atoms with van der Waals surface area (Å²) in [6.07, 6.45) is 0. The van der Waals surface area contributed by atoms with E-state index >= 15 is 0 Å². The fourth-order valence-corrected chi connectivity index (χ4v) is 3.47. The van der Waals surface area contributed by atoms with Crippen molar-refractivity contribution in [2.24, 2.45) is 0 Å². The Bertz CT molecular complexity index is 1130. The van der Waals surface area contributed by atoms with E-state index in [2.05, 4.69) is 25.7 Å². The molecule has 1 N–H and O–H groups in total. The van der Waals surface area contributed by atoms with Crippen LogP contribution in [0.15, 0.2) is 64.3 Å². The number of rotatable bonds is 6. The van der Waals surface area contributed by atoms with Gasteiger partial charge in [0.05, 0.1) is 5.75 Å². The Morgan fingerprint density at radius 1 is 1.14 bits per heavy atom. The number of para-hydroxylation sites is 1. The molecule has 2 aromatic heterocycles. The van der Waals surface area contributed by atoms with E-state index in [9.17, 15) is 4.79 Å². The molecule has 0 fully saturated rings. The van der Waals surface area contributed by atoms with E-state index in [1.54, 1.807) is 19.1 Å². The quantitative estimate of drug-likeness (QED) is 0.465. The van der Waals surface area contributed by atoms with Gasteiger partial charge in [-0.15, -0.1) is 10.2 Å². The number of anilines is 1. The van der Waals surface area contributed by atoms with Gasteiger partial charge in [-0.05, 0) is 43.3 Å². The molecule has 0 aliphatic rings. The Morgan fingerprint density at radius 2 is 1.90 bits per heavy atom. The maximum atomic E-state index is 12.2. The maximum absolute atomic E-state index is 12.2. The van der Waals surface area contributed by atoms with Crippen LogP contribution in [0.3, 0.4) is 0 Å². The first-order valence-electron chi connectivity index (χ1n) is 8.60. The van der Waals surface area contributed by atoms with Crippen LogP contribution in [0.4, 0.5) is 6.01 Å². The number of halogens is 1. The first-order chi connectivity index (χ1) is 14.1. The average molecular weight is 427 g/mol. The Labute approximate surface area is 175 Å². The molecule has 0 unspecified atom stereocenters. The van der Waals surface area contributed by atoms with Gasteiger partial charge in [0.2, 0.25) is 5.91 Å². The molecule has 0 atom stereocenters. The van der Waals surface area contributed by atoms with Gasteiger partial charge in [0.1, 0.15) is 0 Å². The molecule has 0 saturated carbocycles. The molecule has 4 aromatic rings. The Hall–Kier alpha value is -3.17.